The van der Waals surface area contributed by atoms with E-state index in [1.807, 2.05) is 24.9 Å². The lowest BCUT2D eigenvalue weighted by atomic mass is 10.0. The molecule has 1 aliphatic heterocycles. The van der Waals surface area contributed by atoms with Crippen molar-refractivity contribution >= 4 is 23.2 Å². The minimum Gasteiger partial charge on any atom is -0.462 e. The van der Waals surface area contributed by atoms with Gasteiger partial charge in [-0.1, -0.05) is 33.3 Å². The second-order valence-electron chi connectivity index (χ2n) is 9.71. The van der Waals surface area contributed by atoms with Crippen molar-refractivity contribution in [2.75, 3.05) is 43.4 Å². The number of pyridine rings is 1. The third-order valence-electron chi connectivity index (χ3n) is 6.56. The molecule has 36 heavy (non-hydrogen) atoms. The number of hydrogen-bond acceptors (Lipinski definition) is 9. The van der Waals surface area contributed by atoms with E-state index in [1.54, 1.807) is 10.7 Å². The van der Waals surface area contributed by atoms with Crippen LogP contribution in [0.2, 0.25) is 0 Å². The lowest BCUT2D eigenvalue weighted by molar-refractivity contribution is -0.133. The number of rotatable bonds is 9. The van der Waals surface area contributed by atoms with Crippen molar-refractivity contribution in [1.82, 2.24) is 29.5 Å². The SMILES string of the molecule is CCCCOc1nc(N)c2ncc(Cc3cnc(N4CCN(C(=O)C(N)C(C)C)CC4)c(C)c3)n2n1. The molecule has 3 aromatic heterocycles. The quantitative estimate of drug-likeness (QED) is 0.425. The Labute approximate surface area is 211 Å². The van der Waals surface area contributed by atoms with E-state index >= 15 is 0 Å². The van der Waals surface area contributed by atoms with E-state index in [4.69, 9.17) is 21.2 Å². The predicted octanol–water partition coefficient (Wildman–Crippen LogP) is 1.81. The molecule has 0 bridgehead atoms. The molecule has 194 valence electrons. The number of carbonyl (C=O) groups excluding carboxylic acids is 1. The standard InChI is InChI=1S/C25H37N9O2/c1-5-6-11-36-25-30-21(27)23-29-15-19(34(23)31-25)13-18-12-17(4)22(28-14-18)32-7-9-33(10-8-32)24(35)20(26)16(2)3/h12,14-16,20H,5-11,13,26H2,1-4H3,(H2,27,30,31). The Morgan fingerprint density at radius 1 is 1.17 bits per heavy atom. The van der Waals surface area contributed by atoms with Crippen molar-refractivity contribution in [1.29, 1.82) is 0 Å². The van der Waals surface area contributed by atoms with Gasteiger partial charge in [0.2, 0.25) is 5.91 Å². The fraction of sp³-hybridized carbons (Fsp3) is 0.560. The predicted molar refractivity (Wildman–Crippen MR) is 139 cm³/mol. The summed E-state index contributed by atoms with van der Waals surface area (Å²) >= 11 is 0. The number of carbonyl (C=O) groups is 1. The van der Waals surface area contributed by atoms with E-state index < -0.39 is 6.04 Å². The molecule has 11 nitrogen and oxygen atoms in total. The van der Waals surface area contributed by atoms with Crippen LogP contribution in [0.15, 0.2) is 18.5 Å². The summed E-state index contributed by atoms with van der Waals surface area (Å²) in [5.74, 6) is 1.39. The maximum atomic E-state index is 12.6. The highest BCUT2D eigenvalue weighted by Crippen LogP contribution is 2.22. The molecular formula is C25H37N9O2. The van der Waals surface area contributed by atoms with Gasteiger partial charge in [0, 0.05) is 38.8 Å². The van der Waals surface area contributed by atoms with Crippen molar-refractivity contribution in [2.24, 2.45) is 11.7 Å². The zero-order valence-electron chi connectivity index (χ0n) is 21.6. The van der Waals surface area contributed by atoms with Crippen LogP contribution in [0.1, 0.15) is 50.4 Å². The molecule has 0 saturated carbocycles. The Balaban J connectivity index is 1.44. The van der Waals surface area contributed by atoms with Crippen molar-refractivity contribution < 1.29 is 9.53 Å². The number of anilines is 2. The molecule has 4 heterocycles. The number of ether oxygens (including phenoxy) is 1. The molecule has 0 spiro atoms. The number of nitrogen functional groups attached to an aromatic ring is 1. The number of nitrogens with two attached hydrogens (primary N) is 2. The Morgan fingerprint density at radius 2 is 1.92 bits per heavy atom. The molecule has 4 N–H and O–H groups in total. The van der Waals surface area contributed by atoms with Gasteiger partial charge in [0.25, 0.3) is 0 Å². The molecule has 1 unspecified atom stereocenters. The average molecular weight is 496 g/mol. The topological polar surface area (TPSA) is 141 Å². The summed E-state index contributed by atoms with van der Waals surface area (Å²) in [6, 6.07) is 1.94. The molecule has 1 fully saturated rings. The minimum atomic E-state index is -0.449. The van der Waals surface area contributed by atoms with Gasteiger partial charge in [-0.15, -0.1) is 5.10 Å². The van der Waals surface area contributed by atoms with E-state index in [2.05, 4.69) is 39.9 Å². The number of fused-ring (bicyclic) bond motifs is 1. The van der Waals surface area contributed by atoms with Gasteiger partial charge in [-0.25, -0.2) is 14.5 Å². The maximum Gasteiger partial charge on any atom is 0.336 e. The van der Waals surface area contributed by atoms with Crippen molar-refractivity contribution in [3.8, 4) is 6.01 Å². The van der Waals surface area contributed by atoms with Crippen molar-refractivity contribution in [2.45, 2.75) is 53.0 Å². The van der Waals surface area contributed by atoms with E-state index in [0.717, 1.165) is 48.6 Å². The smallest absolute Gasteiger partial charge is 0.336 e. The third kappa shape index (κ3) is 5.51. The number of unbranched alkanes of at least 4 members (excludes halogenated alkanes) is 1. The number of piperazine rings is 1. The molecular weight excluding hydrogens is 458 g/mol. The molecule has 1 amide bonds. The van der Waals surface area contributed by atoms with E-state index in [-0.39, 0.29) is 17.8 Å². The maximum absolute atomic E-state index is 12.6. The second kappa shape index (κ2) is 11.1. The van der Waals surface area contributed by atoms with Gasteiger partial charge in [0.1, 0.15) is 5.82 Å². The van der Waals surface area contributed by atoms with Gasteiger partial charge < -0.3 is 26.0 Å². The van der Waals surface area contributed by atoms with Crippen molar-refractivity contribution in [3.05, 3.63) is 35.3 Å². The largest absolute Gasteiger partial charge is 0.462 e. The number of imidazole rings is 1. The molecule has 0 aromatic carbocycles. The Hall–Kier alpha value is -3.47. The van der Waals surface area contributed by atoms with Crippen LogP contribution in [0.25, 0.3) is 5.65 Å². The molecule has 0 radical (unpaired) electrons. The first-order valence-corrected chi connectivity index (χ1v) is 12.7. The van der Waals surface area contributed by atoms with Crippen LogP contribution >= 0.6 is 0 Å². The van der Waals surface area contributed by atoms with Gasteiger partial charge in [0.05, 0.1) is 24.5 Å². The number of aromatic nitrogens is 5. The number of hydrogen-bond donors (Lipinski definition) is 2. The first kappa shape index (κ1) is 25.6. The molecule has 11 heteroatoms. The summed E-state index contributed by atoms with van der Waals surface area (Å²) in [4.78, 5) is 30.1. The number of aryl methyl sites for hydroxylation is 1. The normalized spacial score (nSPS) is 15.1. The first-order valence-electron chi connectivity index (χ1n) is 12.7. The van der Waals surface area contributed by atoms with Crippen LogP contribution in [0.5, 0.6) is 6.01 Å². The fourth-order valence-corrected chi connectivity index (χ4v) is 4.31. The first-order chi connectivity index (χ1) is 17.3. The van der Waals surface area contributed by atoms with Gasteiger partial charge in [-0.05, 0) is 30.4 Å². The summed E-state index contributed by atoms with van der Waals surface area (Å²) < 4.78 is 7.36. The summed E-state index contributed by atoms with van der Waals surface area (Å²) in [5, 5.41) is 4.49. The van der Waals surface area contributed by atoms with Crippen LogP contribution in [-0.4, -0.2) is 74.2 Å². The lowest BCUT2D eigenvalue weighted by Crippen LogP contribution is -2.54. The minimum absolute atomic E-state index is 0.0288. The summed E-state index contributed by atoms with van der Waals surface area (Å²) in [7, 11) is 0. The van der Waals surface area contributed by atoms with E-state index in [0.29, 0.717) is 37.6 Å². The van der Waals surface area contributed by atoms with Crippen LogP contribution in [-0.2, 0) is 11.2 Å². The molecule has 3 aromatic rings. The summed E-state index contributed by atoms with van der Waals surface area (Å²) in [6.07, 6.45) is 6.19. The van der Waals surface area contributed by atoms with Gasteiger partial charge in [0.15, 0.2) is 11.5 Å². The zero-order chi connectivity index (χ0) is 25.8. The van der Waals surface area contributed by atoms with Crippen LogP contribution in [0.3, 0.4) is 0 Å². The van der Waals surface area contributed by atoms with Gasteiger partial charge >= 0.3 is 6.01 Å². The highest BCUT2D eigenvalue weighted by Gasteiger charge is 2.27. The number of nitrogens with zero attached hydrogens (tertiary/aromatic N) is 7. The highest BCUT2D eigenvalue weighted by atomic mass is 16.5. The van der Waals surface area contributed by atoms with Crippen LogP contribution < -0.4 is 21.1 Å². The number of amides is 1. The lowest BCUT2D eigenvalue weighted by Gasteiger charge is -2.37. The second-order valence-corrected chi connectivity index (χ2v) is 9.71. The summed E-state index contributed by atoms with van der Waals surface area (Å²) in [6.45, 7) is 11.4. The Kier molecular flexibility index (Phi) is 7.88. The zero-order valence-corrected chi connectivity index (χ0v) is 21.6. The molecule has 1 atom stereocenters. The molecule has 1 aliphatic rings. The van der Waals surface area contributed by atoms with E-state index in [1.165, 1.54) is 0 Å². The molecule has 4 rings (SSSR count). The van der Waals surface area contributed by atoms with E-state index in [9.17, 15) is 4.79 Å². The Bertz CT molecular complexity index is 1200. The fourth-order valence-electron chi connectivity index (χ4n) is 4.31. The van der Waals surface area contributed by atoms with Gasteiger partial charge in [-0.2, -0.15) is 4.98 Å². The van der Waals surface area contributed by atoms with Gasteiger partial charge in [-0.3, -0.25) is 4.79 Å². The molecule has 0 aliphatic carbocycles. The third-order valence-corrected chi connectivity index (χ3v) is 6.56. The highest BCUT2D eigenvalue weighted by molar-refractivity contribution is 5.82. The monoisotopic (exact) mass is 495 g/mol. The summed E-state index contributed by atoms with van der Waals surface area (Å²) in [5.41, 5.74) is 15.7. The van der Waals surface area contributed by atoms with Crippen LogP contribution in [0.4, 0.5) is 11.6 Å². The van der Waals surface area contributed by atoms with Crippen molar-refractivity contribution in [3.63, 3.8) is 0 Å². The Morgan fingerprint density at radius 3 is 2.58 bits per heavy atom. The van der Waals surface area contributed by atoms with Crippen LogP contribution in [0, 0.1) is 12.8 Å². The molecule has 1 saturated heterocycles. The average Bonchev–Trinajstić information content (AvgIpc) is 3.26.